The van der Waals surface area contributed by atoms with E-state index in [4.69, 9.17) is 14.2 Å². The number of para-hydroxylation sites is 1. The number of fused-ring (bicyclic) bond motifs is 4. The second-order valence-electron chi connectivity index (χ2n) is 10.0. The van der Waals surface area contributed by atoms with Crippen molar-refractivity contribution in [2.24, 2.45) is 0 Å². The Morgan fingerprint density at radius 3 is 2.38 bits per heavy atom. The van der Waals surface area contributed by atoms with Gasteiger partial charge in [-0.25, -0.2) is 18.2 Å². The first-order valence-corrected chi connectivity index (χ1v) is 14.9. The molecule has 0 radical (unpaired) electrons. The Bertz CT molecular complexity index is 1980. The fraction of sp³-hybridized carbons (Fsp3) is 0.233. The van der Waals surface area contributed by atoms with Gasteiger partial charge in [-0.15, -0.1) is 5.06 Å². The van der Waals surface area contributed by atoms with Crippen molar-refractivity contribution < 1.29 is 41.2 Å². The first-order chi connectivity index (χ1) is 20.2. The second kappa shape index (κ2) is 11.0. The molecule has 0 unspecified atom stereocenters. The number of aryl methyl sites for hydroxylation is 1. The van der Waals surface area contributed by atoms with E-state index < -0.39 is 27.9 Å². The summed E-state index contributed by atoms with van der Waals surface area (Å²) in [6.45, 7) is 0.669. The van der Waals surface area contributed by atoms with E-state index in [1.807, 2.05) is 36.5 Å². The molecule has 5 aromatic rings. The zero-order valence-electron chi connectivity index (χ0n) is 22.3. The average molecular weight is 588 g/mol. The van der Waals surface area contributed by atoms with Gasteiger partial charge in [0.2, 0.25) is 11.4 Å². The first-order valence-electron chi connectivity index (χ1n) is 13.5. The third kappa shape index (κ3) is 5.21. The van der Waals surface area contributed by atoms with Gasteiger partial charge >= 0.3 is 5.97 Å². The Kier molecular flexibility index (Phi) is 7.17. The lowest BCUT2D eigenvalue weighted by Gasteiger charge is -2.12. The number of benzene rings is 3. The Labute approximate surface area is 240 Å². The predicted molar refractivity (Wildman–Crippen MR) is 148 cm³/mol. The number of oxazole rings is 1. The van der Waals surface area contributed by atoms with Gasteiger partial charge in [0.15, 0.2) is 11.8 Å². The minimum absolute atomic E-state index is 0.0616. The molecule has 6 rings (SSSR count). The van der Waals surface area contributed by atoms with E-state index in [0.29, 0.717) is 45.8 Å². The smallest absolute Gasteiger partial charge is 0.333 e. The fourth-order valence-electron chi connectivity index (χ4n) is 5.25. The van der Waals surface area contributed by atoms with Crippen LogP contribution < -0.4 is 4.57 Å². The van der Waals surface area contributed by atoms with Gasteiger partial charge in [0.1, 0.15) is 22.2 Å². The number of unbranched alkanes of at least 4 members (excludes halogenated alkanes) is 2. The van der Waals surface area contributed by atoms with Crippen LogP contribution in [0.4, 0.5) is 0 Å². The number of amides is 2. The lowest BCUT2D eigenvalue weighted by Crippen LogP contribution is -2.34. The topological polar surface area (TPSA) is 151 Å². The minimum atomic E-state index is -4.74. The summed E-state index contributed by atoms with van der Waals surface area (Å²) in [6, 6.07) is 17.5. The third-order valence-corrected chi connectivity index (χ3v) is 8.14. The van der Waals surface area contributed by atoms with Crippen molar-refractivity contribution in [3.63, 3.8) is 0 Å². The molecular weight excluding hydrogens is 562 g/mol. The molecule has 2 aromatic heterocycles. The van der Waals surface area contributed by atoms with Gasteiger partial charge < -0.3 is 13.8 Å². The largest absolute Gasteiger partial charge is 0.744 e. The summed E-state index contributed by atoms with van der Waals surface area (Å²) < 4.78 is 44.0. The van der Waals surface area contributed by atoms with Crippen molar-refractivity contribution in [1.82, 2.24) is 10.0 Å². The summed E-state index contributed by atoms with van der Waals surface area (Å²) in [6.07, 6.45) is 4.18. The summed E-state index contributed by atoms with van der Waals surface area (Å²) in [7, 11) is -4.74. The monoisotopic (exact) mass is 587 g/mol. The first kappa shape index (κ1) is 27.5. The molecule has 2 amide bonds. The molecule has 0 N–H and O–H groups in total. The van der Waals surface area contributed by atoms with Crippen molar-refractivity contribution in [3.05, 3.63) is 66.9 Å². The van der Waals surface area contributed by atoms with E-state index in [1.54, 1.807) is 24.3 Å². The molecule has 214 valence electrons. The molecule has 0 spiro atoms. The molecular formula is C30H25N3O8S. The van der Waals surface area contributed by atoms with Crippen molar-refractivity contribution in [2.75, 3.05) is 0 Å². The van der Waals surface area contributed by atoms with Gasteiger partial charge in [0, 0.05) is 54.7 Å². The fourth-order valence-corrected chi connectivity index (χ4v) is 5.95. The van der Waals surface area contributed by atoms with Crippen LogP contribution in [-0.2, 0) is 35.9 Å². The van der Waals surface area contributed by atoms with Gasteiger partial charge in [-0.1, -0.05) is 36.4 Å². The van der Waals surface area contributed by atoms with Crippen molar-refractivity contribution in [1.29, 1.82) is 0 Å². The van der Waals surface area contributed by atoms with E-state index in [1.165, 1.54) is 6.07 Å². The summed E-state index contributed by atoms with van der Waals surface area (Å²) in [5.74, 6) is -1.29. The van der Waals surface area contributed by atoms with Crippen LogP contribution in [0, 0.1) is 0 Å². The molecule has 1 fully saturated rings. The molecule has 12 heteroatoms. The lowest BCUT2D eigenvalue weighted by molar-refractivity contribution is -0.671. The van der Waals surface area contributed by atoms with Crippen molar-refractivity contribution in [3.8, 4) is 11.5 Å². The lowest BCUT2D eigenvalue weighted by atomic mass is 10.1. The van der Waals surface area contributed by atoms with E-state index >= 15 is 0 Å². The Morgan fingerprint density at radius 1 is 0.952 bits per heavy atom. The Hall–Kier alpha value is -4.68. The number of hydrogen-bond donors (Lipinski definition) is 0. The molecule has 0 bridgehead atoms. The van der Waals surface area contributed by atoms with Crippen LogP contribution >= 0.6 is 0 Å². The minimum Gasteiger partial charge on any atom is -0.744 e. The molecule has 1 aliphatic heterocycles. The van der Waals surface area contributed by atoms with Gasteiger partial charge in [-0.3, -0.25) is 9.59 Å². The highest BCUT2D eigenvalue weighted by molar-refractivity contribution is 7.86. The molecule has 0 aliphatic carbocycles. The average Bonchev–Trinajstić information content (AvgIpc) is 3.55. The number of nitrogens with zero attached hydrogens (tertiary/aromatic N) is 3. The third-order valence-electron chi connectivity index (χ3n) is 7.27. The molecule has 3 aromatic carbocycles. The number of aromatic nitrogens is 2. The highest BCUT2D eigenvalue weighted by atomic mass is 32.2. The number of hydrogen-bond acceptors (Lipinski definition) is 9. The Balaban J connectivity index is 1.20. The second-order valence-corrected chi connectivity index (χ2v) is 11.4. The van der Waals surface area contributed by atoms with Gasteiger partial charge in [-0.2, -0.15) is 4.57 Å². The standard InChI is InChI=1S/C30H25N3O8S/c34-26-13-14-27(35)33(26)41-28(36)12-2-1-7-16-32-17-15-22(19-8-5-6-11-23(19)32)30-31-29-21-10-4-3-9-20(21)25(42(37,38)39)18-24(29)40-30/h3-6,8-11,15,17-18H,1-2,7,12-14,16H2. The number of rotatable bonds is 9. The highest BCUT2D eigenvalue weighted by Crippen LogP contribution is 2.35. The summed E-state index contributed by atoms with van der Waals surface area (Å²) in [5.41, 5.74) is 2.31. The van der Waals surface area contributed by atoms with Crippen LogP contribution in [0.2, 0.25) is 0 Å². The van der Waals surface area contributed by atoms with Gasteiger partial charge in [0.05, 0.1) is 15.8 Å². The summed E-state index contributed by atoms with van der Waals surface area (Å²) in [4.78, 5) is 44.5. The van der Waals surface area contributed by atoms with Gasteiger partial charge in [-0.05, 0) is 18.9 Å². The normalized spacial score (nSPS) is 14.0. The number of carbonyl (C=O) groups excluding carboxylic acids is 3. The number of imide groups is 1. The van der Waals surface area contributed by atoms with Crippen LogP contribution in [0.3, 0.4) is 0 Å². The SMILES string of the molecule is O=C(CCCCC[n+]1ccc(-c2nc3c(cc(S(=O)(=O)[O-])c4ccccc43)o2)c2ccccc21)ON1C(=O)CCC1=O. The molecule has 11 nitrogen and oxygen atoms in total. The van der Waals surface area contributed by atoms with E-state index in [-0.39, 0.29) is 29.7 Å². The number of pyridine rings is 1. The Morgan fingerprint density at radius 2 is 1.64 bits per heavy atom. The van der Waals surface area contributed by atoms with Crippen LogP contribution in [0.1, 0.15) is 38.5 Å². The molecule has 0 atom stereocenters. The van der Waals surface area contributed by atoms with Crippen LogP contribution in [0.15, 0.2) is 76.2 Å². The van der Waals surface area contributed by atoms with E-state index in [9.17, 15) is 27.4 Å². The van der Waals surface area contributed by atoms with Crippen LogP contribution in [0.5, 0.6) is 0 Å². The highest BCUT2D eigenvalue weighted by Gasteiger charge is 2.32. The predicted octanol–water partition coefficient (Wildman–Crippen LogP) is 4.16. The maximum Gasteiger partial charge on any atom is 0.333 e. The van der Waals surface area contributed by atoms with E-state index in [0.717, 1.165) is 23.7 Å². The molecule has 3 heterocycles. The molecule has 0 saturated carbocycles. The van der Waals surface area contributed by atoms with E-state index in [2.05, 4.69) is 4.57 Å². The molecule has 1 aliphatic rings. The molecule has 1 saturated heterocycles. The molecule has 42 heavy (non-hydrogen) atoms. The van der Waals surface area contributed by atoms with Gasteiger partial charge in [0.25, 0.3) is 11.8 Å². The van der Waals surface area contributed by atoms with Crippen molar-refractivity contribution in [2.45, 2.75) is 50.0 Å². The summed E-state index contributed by atoms with van der Waals surface area (Å²) in [5, 5.41) is 2.24. The zero-order valence-corrected chi connectivity index (χ0v) is 23.1. The number of carbonyl (C=O) groups is 3. The zero-order chi connectivity index (χ0) is 29.4. The quantitative estimate of drug-likeness (QED) is 0.107. The summed E-state index contributed by atoms with van der Waals surface area (Å²) >= 11 is 0. The maximum atomic E-state index is 12.0. The maximum absolute atomic E-state index is 12.0. The van der Waals surface area contributed by atoms with Crippen LogP contribution in [-0.4, -0.2) is 40.8 Å². The van der Waals surface area contributed by atoms with Crippen molar-refractivity contribution >= 4 is 60.7 Å². The van der Waals surface area contributed by atoms with Crippen LogP contribution in [0.25, 0.3) is 44.2 Å². The number of hydroxylamine groups is 2.